The minimum absolute atomic E-state index is 0.0794. The molecule has 0 aliphatic carbocycles. The minimum Gasteiger partial charge on any atom is -0.489 e. The molecule has 0 aliphatic heterocycles. The molecule has 0 saturated heterocycles. The zero-order valence-electron chi connectivity index (χ0n) is 48.7. The Kier molecular flexibility index (Phi) is 24.0. The summed E-state index contributed by atoms with van der Waals surface area (Å²) in [6.07, 6.45) is 7.49. The van der Waals surface area contributed by atoms with Gasteiger partial charge < -0.3 is 37.9 Å². The van der Waals surface area contributed by atoms with Gasteiger partial charge in [-0.3, -0.25) is 0 Å². The normalized spacial score (nSPS) is 11.3. The Balaban J connectivity index is 0.000000314. The lowest BCUT2D eigenvalue weighted by Crippen LogP contribution is -2.10. The van der Waals surface area contributed by atoms with Gasteiger partial charge in [-0.05, 0) is 132 Å². The molecule has 0 saturated carbocycles. The van der Waals surface area contributed by atoms with E-state index in [1.807, 2.05) is 0 Å². The van der Waals surface area contributed by atoms with Gasteiger partial charge >= 0.3 is 42.0 Å². The molecule has 0 amide bonds. The zero-order valence-corrected chi connectivity index (χ0v) is 48.7. The van der Waals surface area contributed by atoms with Crippen molar-refractivity contribution in [1.82, 2.24) is 0 Å². The van der Waals surface area contributed by atoms with Crippen LogP contribution >= 0.6 is 0 Å². The zero-order chi connectivity index (χ0) is 63.3. The Morgan fingerprint density at radius 2 is 0.756 bits per heavy atom. The largest absolute Gasteiger partial charge is 0.489 e. The topological polar surface area (TPSA) is 176 Å². The molecule has 0 radical (unpaired) electrons. The van der Waals surface area contributed by atoms with E-state index in [0.717, 1.165) is 18.2 Å². The van der Waals surface area contributed by atoms with Crippen molar-refractivity contribution in [2.24, 2.45) is 0 Å². The lowest BCUT2D eigenvalue weighted by Gasteiger charge is -2.19. The van der Waals surface area contributed by atoms with Crippen molar-refractivity contribution in [3.8, 4) is 90.5 Å². The molecule has 6 rings (SSSR count). The average Bonchev–Trinajstić information content (AvgIpc) is 1.05. The molecule has 14 nitrogen and oxygen atoms in total. The summed E-state index contributed by atoms with van der Waals surface area (Å²) in [5, 5.41) is 0. The van der Waals surface area contributed by atoms with E-state index in [1.165, 1.54) is 74.5 Å². The van der Waals surface area contributed by atoms with Gasteiger partial charge in [-0.25, -0.2) is 28.8 Å². The summed E-state index contributed by atoms with van der Waals surface area (Å²) < 4.78 is 87.7. The number of hydrogen-bond acceptors (Lipinski definition) is 14. The Morgan fingerprint density at radius 3 is 1.12 bits per heavy atom. The van der Waals surface area contributed by atoms with Crippen LogP contribution in [0.25, 0.3) is 44.5 Å². The van der Waals surface area contributed by atoms with Crippen LogP contribution in [0.15, 0.2) is 212 Å². The van der Waals surface area contributed by atoms with Gasteiger partial charge in [0.1, 0.15) is 59.2 Å². The van der Waals surface area contributed by atoms with Crippen molar-refractivity contribution in [3.05, 3.63) is 218 Å². The second-order valence-electron chi connectivity index (χ2n) is 18.5. The lowest BCUT2D eigenvalue weighted by atomic mass is 9.93. The molecule has 0 unspecified atom stereocenters. The number of carbonyl (C=O) groups is 6. The Hall–Kier alpha value is -10.6. The number of allylic oxidation sites excluding steroid dienone is 4. The maximum Gasteiger partial charge on any atom is 0.417 e. The number of alkyl halides is 3. The first-order valence-corrected chi connectivity index (χ1v) is 26.5. The number of halogens is 3. The molecule has 86 heavy (non-hydrogen) atoms. The maximum atomic E-state index is 14.6. The van der Waals surface area contributed by atoms with Gasteiger partial charge in [-0.15, -0.1) is 0 Å². The molecule has 0 N–H and O–H groups in total. The molecule has 0 spiro atoms. The number of rotatable bonds is 22. The van der Waals surface area contributed by atoms with Crippen LogP contribution in [0.3, 0.4) is 0 Å². The maximum absolute atomic E-state index is 14.6. The van der Waals surface area contributed by atoms with E-state index in [9.17, 15) is 41.9 Å². The SMILES string of the molecule is C=C(C)C(=O)Oc1ccc(-c2ccc(-c3ccc(OC(=O)C(=C)C)cc3OC/C=C/C)c(C(F)(F)F)c2)c(OC/C=C/C)c1.C=CC(=O)Oc1ccc(-c2ccc(-c3ccc(OC(=O)C=C)cc3OC(=O)/C(C)=C/C)cc2)c(OC(=O)/C(C)=C/C)c1. The highest BCUT2D eigenvalue weighted by atomic mass is 19.4. The molecule has 444 valence electrons. The number of ether oxygens (including phenoxy) is 8. The van der Waals surface area contributed by atoms with E-state index in [-0.39, 0.29) is 87.0 Å². The summed E-state index contributed by atoms with van der Waals surface area (Å²) in [5.74, 6) is -2.44. The fourth-order valence-corrected chi connectivity index (χ4v) is 7.39. The second kappa shape index (κ2) is 31.2. The third-order valence-corrected chi connectivity index (χ3v) is 12.2. The molecule has 0 aliphatic rings. The van der Waals surface area contributed by atoms with Gasteiger partial charge in [0.15, 0.2) is 0 Å². The smallest absolute Gasteiger partial charge is 0.417 e. The van der Waals surface area contributed by atoms with Crippen LogP contribution in [0.4, 0.5) is 13.2 Å². The second-order valence-corrected chi connectivity index (χ2v) is 18.5. The molecule has 0 bridgehead atoms. The minimum atomic E-state index is -4.75. The molecule has 0 heterocycles. The van der Waals surface area contributed by atoms with Gasteiger partial charge in [-0.1, -0.05) is 99.2 Å². The van der Waals surface area contributed by atoms with E-state index < -0.39 is 47.6 Å². The van der Waals surface area contributed by atoms with Crippen LogP contribution in [0.1, 0.15) is 61.0 Å². The van der Waals surface area contributed by atoms with E-state index in [2.05, 4.69) is 26.3 Å². The molecule has 0 atom stereocenters. The van der Waals surface area contributed by atoms with Crippen molar-refractivity contribution in [3.63, 3.8) is 0 Å². The van der Waals surface area contributed by atoms with Crippen LogP contribution in [0.5, 0.6) is 46.0 Å². The summed E-state index contributed by atoms with van der Waals surface area (Å²) in [6, 6.07) is 29.1. The summed E-state index contributed by atoms with van der Waals surface area (Å²) in [7, 11) is 0. The molecule has 0 fully saturated rings. The third kappa shape index (κ3) is 18.5. The highest BCUT2D eigenvalue weighted by molar-refractivity contribution is 5.93. The van der Waals surface area contributed by atoms with Crippen LogP contribution < -0.4 is 37.9 Å². The number of hydrogen-bond donors (Lipinski definition) is 0. The summed E-state index contributed by atoms with van der Waals surface area (Å²) in [5.41, 5.74) is 3.35. The van der Waals surface area contributed by atoms with Gasteiger partial charge in [0.25, 0.3) is 0 Å². The van der Waals surface area contributed by atoms with Gasteiger partial charge in [0.05, 0.1) is 5.56 Å². The predicted octanol–water partition coefficient (Wildman–Crippen LogP) is 15.9. The first-order valence-electron chi connectivity index (χ1n) is 26.5. The molecule has 0 aromatic heterocycles. The molecule has 6 aromatic rings. The number of carbonyl (C=O) groups excluding carboxylic acids is 6. The Morgan fingerprint density at radius 1 is 0.419 bits per heavy atom. The summed E-state index contributed by atoms with van der Waals surface area (Å²) in [4.78, 5) is 72.6. The van der Waals surface area contributed by atoms with Gasteiger partial charge in [-0.2, -0.15) is 13.2 Å². The van der Waals surface area contributed by atoms with Crippen molar-refractivity contribution >= 4 is 35.8 Å². The lowest BCUT2D eigenvalue weighted by molar-refractivity contribution is -0.137. The quantitative estimate of drug-likeness (QED) is 0.0271. The van der Waals surface area contributed by atoms with Crippen LogP contribution in [-0.4, -0.2) is 49.0 Å². The fourth-order valence-electron chi connectivity index (χ4n) is 7.39. The molecular weight excluding hydrogens is 1110 g/mol. The predicted molar refractivity (Wildman–Crippen MR) is 323 cm³/mol. The average molecular weight is 1170 g/mol. The standard InChI is InChI=1S/C35H33F3O6.C34H30O8/c1-7-9-17-41-31-20-25(43-33(39)22(3)4)12-15-27(31)24-11-14-28(30(19-24)35(36,37)38)29-16-13-26(44-34(40)23(5)6)21-32(29)42-18-10-8-2;1-7-21(5)33(37)41-29-19-25(39-31(35)9-3)15-17-27(29)23-11-13-24(14-12-23)28-18-16-26(40-32(36)10-4)20-30(28)42-34(38)22(6)8-2/h7-16,19-21H,3,5,17-18H2,1-2,4,6H3;7-20H,3-4H2,1-2,5-6H3/b9-7+,10-8+;21-7+,22-8+. The van der Waals surface area contributed by atoms with Crippen LogP contribution in [0, 0.1) is 0 Å². The Bertz CT molecular complexity index is 3590. The van der Waals surface area contributed by atoms with Crippen LogP contribution in [0.2, 0.25) is 0 Å². The van der Waals surface area contributed by atoms with Crippen LogP contribution in [-0.2, 0) is 34.9 Å². The van der Waals surface area contributed by atoms with E-state index >= 15 is 0 Å². The van der Waals surface area contributed by atoms with Crippen molar-refractivity contribution in [1.29, 1.82) is 0 Å². The van der Waals surface area contributed by atoms with Crippen molar-refractivity contribution in [2.75, 3.05) is 13.2 Å². The highest BCUT2D eigenvalue weighted by Gasteiger charge is 2.35. The first kappa shape index (κ1) is 66.3. The summed E-state index contributed by atoms with van der Waals surface area (Å²) in [6.45, 7) is 27.4. The third-order valence-electron chi connectivity index (χ3n) is 12.2. The molecule has 6 aromatic carbocycles. The summed E-state index contributed by atoms with van der Waals surface area (Å²) >= 11 is 0. The highest BCUT2D eigenvalue weighted by Crippen LogP contribution is 2.45. The van der Waals surface area contributed by atoms with E-state index in [0.29, 0.717) is 39.0 Å². The number of benzene rings is 6. The van der Waals surface area contributed by atoms with Crippen molar-refractivity contribution in [2.45, 2.75) is 61.6 Å². The molecule has 17 heteroatoms. The van der Waals surface area contributed by atoms with E-state index in [1.54, 1.807) is 127 Å². The fraction of sp³-hybridized carbons (Fsp3) is 0.159. The first-order chi connectivity index (χ1) is 40.9. The van der Waals surface area contributed by atoms with E-state index in [4.69, 9.17) is 37.9 Å². The monoisotopic (exact) mass is 1170 g/mol. The molecular formula is C69H63F3O14. The van der Waals surface area contributed by atoms with Gasteiger partial charge in [0, 0.05) is 81.0 Å². The Labute approximate surface area is 497 Å². The van der Waals surface area contributed by atoms with Crippen molar-refractivity contribution < 1.29 is 79.8 Å². The van der Waals surface area contributed by atoms with Gasteiger partial charge in [0.2, 0.25) is 0 Å². The number of esters is 6.